The molecular weight excluding hydrogens is 244 g/mol. The third kappa shape index (κ3) is 6.41. The minimum atomic E-state index is -1.20. The van der Waals surface area contributed by atoms with Gasteiger partial charge in [0.1, 0.15) is 0 Å². The van der Waals surface area contributed by atoms with Gasteiger partial charge in [-0.25, -0.2) is 0 Å². The Balaban J connectivity index is 4.42. The molecule has 0 saturated heterocycles. The fourth-order valence-corrected chi connectivity index (χ4v) is 3.06. The lowest BCUT2D eigenvalue weighted by Gasteiger charge is -2.18. The van der Waals surface area contributed by atoms with E-state index in [1.807, 2.05) is 6.92 Å². The fourth-order valence-electron chi connectivity index (χ4n) is 1.49. The van der Waals surface area contributed by atoms with E-state index in [9.17, 15) is 13.8 Å². The van der Waals surface area contributed by atoms with Crippen LogP contribution in [-0.4, -0.2) is 37.4 Å². The number of carboxylic acids is 2. The van der Waals surface area contributed by atoms with E-state index in [1.54, 1.807) is 6.92 Å². The highest BCUT2D eigenvalue weighted by Crippen LogP contribution is 2.18. The maximum absolute atomic E-state index is 11.8. The Labute approximate surface area is 104 Å². The maximum Gasteiger partial charge on any atom is 0.307 e. The third-order valence-corrected chi connectivity index (χ3v) is 4.52. The number of hydrogen-bond acceptors (Lipinski definition) is 3. The summed E-state index contributed by atoms with van der Waals surface area (Å²) in [5, 5.41) is 17.0. The third-order valence-electron chi connectivity index (χ3n) is 2.67. The molecule has 0 aliphatic heterocycles. The van der Waals surface area contributed by atoms with E-state index in [1.165, 1.54) is 0 Å². The van der Waals surface area contributed by atoms with Crippen molar-refractivity contribution in [1.82, 2.24) is 0 Å². The van der Waals surface area contributed by atoms with Crippen molar-refractivity contribution in [3.8, 4) is 0 Å². The zero-order chi connectivity index (χ0) is 13.4. The van der Waals surface area contributed by atoms with Crippen molar-refractivity contribution in [2.45, 2.75) is 44.8 Å². The highest BCUT2D eigenvalue weighted by atomic mass is 32.2. The summed E-state index contributed by atoms with van der Waals surface area (Å²) in [7, 11) is -1.20. The second-order valence-electron chi connectivity index (χ2n) is 4.02. The van der Waals surface area contributed by atoms with Crippen LogP contribution >= 0.6 is 0 Å². The first-order valence-corrected chi connectivity index (χ1v) is 7.10. The molecule has 5 nitrogen and oxygen atoms in total. The van der Waals surface area contributed by atoms with Crippen LogP contribution in [0.5, 0.6) is 0 Å². The van der Waals surface area contributed by atoms with Gasteiger partial charge in [0, 0.05) is 28.2 Å². The molecule has 0 heterocycles. The molecule has 0 saturated carbocycles. The molecule has 3 atom stereocenters. The van der Waals surface area contributed by atoms with Crippen molar-refractivity contribution < 1.29 is 24.0 Å². The van der Waals surface area contributed by atoms with Crippen LogP contribution in [0.3, 0.4) is 0 Å². The monoisotopic (exact) mass is 264 g/mol. The number of unbranched alkanes of at least 4 members (excludes halogenated alkanes) is 1. The van der Waals surface area contributed by atoms with Crippen LogP contribution in [0, 0.1) is 5.92 Å². The van der Waals surface area contributed by atoms with Gasteiger partial charge in [0.15, 0.2) is 0 Å². The number of carbonyl (C=O) groups is 2. The van der Waals surface area contributed by atoms with Crippen LogP contribution in [-0.2, 0) is 20.4 Å². The first-order chi connectivity index (χ1) is 7.90. The summed E-state index contributed by atoms with van der Waals surface area (Å²) in [6, 6.07) is 0. The number of rotatable bonds is 9. The van der Waals surface area contributed by atoms with E-state index in [4.69, 9.17) is 10.2 Å². The van der Waals surface area contributed by atoms with Gasteiger partial charge in [-0.3, -0.25) is 13.8 Å². The first-order valence-electron chi connectivity index (χ1n) is 5.71. The highest BCUT2D eigenvalue weighted by Gasteiger charge is 2.29. The normalized spacial score (nSPS) is 16.1. The van der Waals surface area contributed by atoms with Gasteiger partial charge >= 0.3 is 11.9 Å². The Kier molecular flexibility index (Phi) is 7.78. The molecule has 0 fully saturated rings. The van der Waals surface area contributed by atoms with Gasteiger partial charge in [0.2, 0.25) is 0 Å². The molecule has 6 heteroatoms. The Morgan fingerprint density at radius 1 is 1.29 bits per heavy atom. The van der Waals surface area contributed by atoms with Gasteiger partial charge in [-0.05, 0) is 19.8 Å². The average molecular weight is 264 g/mol. The van der Waals surface area contributed by atoms with Crippen molar-refractivity contribution in [2.24, 2.45) is 5.92 Å². The zero-order valence-corrected chi connectivity index (χ0v) is 11.0. The molecule has 0 aromatic rings. The SMILES string of the molecule is CCCCS(=O)C(C)C(CCC(=O)O)C(=O)O. The molecule has 0 amide bonds. The van der Waals surface area contributed by atoms with E-state index < -0.39 is 33.9 Å². The van der Waals surface area contributed by atoms with Gasteiger partial charge in [0.05, 0.1) is 5.92 Å². The molecule has 0 aliphatic rings. The minimum absolute atomic E-state index is 0.0314. The summed E-state index contributed by atoms with van der Waals surface area (Å²) in [6.45, 7) is 3.59. The lowest BCUT2D eigenvalue weighted by molar-refractivity contribution is -0.142. The van der Waals surface area contributed by atoms with Crippen molar-refractivity contribution in [2.75, 3.05) is 5.75 Å². The molecule has 100 valence electrons. The van der Waals surface area contributed by atoms with Gasteiger partial charge in [-0.1, -0.05) is 13.3 Å². The standard InChI is InChI=1S/C11H20O5S/c1-3-4-7-17(16)8(2)9(11(14)15)5-6-10(12)13/h8-9H,3-7H2,1-2H3,(H,12,13)(H,14,15). The van der Waals surface area contributed by atoms with Crippen molar-refractivity contribution in [3.05, 3.63) is 0 Å². The largest absolute Gasteiger partial charge is 0.481 e. The summed E-state index contributed by atoms with van der Waals surface area (Å²) in [4.78, 5) is 21.4. The molecule has 0 rings (SSSR count). The van der Waals surface area contributed by atoms with Gasteiger partial charge in [0.25, 0.3) is 0 Å². The van der Waals surface area contributed by atoms with Crippen LogP contribution in [0.4, 0.5) is 0 Å². The molecule has 0 spiro atoms. The van der Waals surface area contributed by atoms with Crippen molar-refractivity contribution >= 4 is 22.7 Å². The lowest BCUT2D eigenvalue weighted by Crippen LogP contribution is -2.31. The van der Waals surface area contributed by atoms with Gasteiger partial charge < -0.3 is 10.2 Å². The summed E-state index contributed by atoms with van der Waals surface area (Å²) < 4.78 is 11.8. The van der Waals surface area contributed by atoms with Gasteiger partial charge in [-0.2, -0.15) is 0 Å². The van der Waals surface area contributed by atoms with E-state index in [0.29, 0.717) is 5.75 Å². The van der Waals surface area contributed by atoms with Crippen LogP contribution in [0.1, 0.15) is 39.5 Å². The minimum Gasteiger partial charge on any atom is -0.481 e. The van der Waals surface area contributed by atoms with Crippen molar-refractivity contribution in [1.29, 1.82) is 0 Å². The second-order valence-corrected chi connectivity index (χ2v) is 5.93. The Morgan fingerprint density at radius 3 is 2.29 bits per heavy atom. The smallest absolute Gasteiger partial charge is 0.307 e. The molecule has 0 radical (unpaired) electrons. The molecule has 0 aliphatic carbocycles. The highest BCUT2D eigenvalue weighted by molar-refractivity contribution is 7.85. The van der Waals surface area contributed by atoms with Crippen LogP contribution in [0.15, 0.2) is 0 Å². The molecule has 17 heavy (non-hydrogen) atoms. The summed E-state index contributed by atoms with van der Waals surface area (Å²) >= 11 is 0. The van der Waals surface area contributed by atoms with E-state index >= 15 is 0 Å². The zero-order valence-electron chi connectivity index (χ0n) is 10.2. The quantitative estimate of drug-likeness (QED) is 0.658. The van der Waals surface area contributed by atoms with Gasteiger partial charge in [-0.15, -0.1) is 0 Å². The predicted octanol–water partition coefficient (Wildman–Crippen LogP) is 1.49. The van der Waals surface area contributed by atoms with E-state index in [0.717, 1.165) is 12.8 Å². The summed E-state index contributed by atoms with van der Waals surface area (Å²) in [6.07, 6.45) is 1.53. The van der Waals surface area contributed by atoms with Crippen LogP contribution in [0.2, 0.25) is 0 Å². The molecule has 3 unspecified atom stereocenters. The van der Waals surface area contributed by atoms with Crippen LogP contribution in [0.25, 0.3) is 0 Å². The molecule has 0 aromatic heterocycles. The van der Waals surface area contributed by atoms with E-state index in [-0.39, 0.29) is 12.8 Å². The lowest BCUT2D eigenvalue weighted by atomic mass is 10.0. The number of hydrogen-bond donors (Lipinski definition) is 2. The van der Waals surface area contributed by atoms with Crippen LogP contribution < -0.4 is 0 Å². The number of aliphatic carboxylic acids is 2. The topological polar surface area (TPSA) is 91.7 Å². The molecule has 0 aromatic carbocycles. The van der Waals surface area contributed by atoms with Crippen molar-refractivity contribution in [3.63, 3.8) is 0 Å². The maximum atomic E-state index is 11.8. The first kappa shape index (κ1) is 16.1. The Hall–Kier alpha value is -0.910. The molecule has 0 bridgehead atoms. The predicted molar refractivity (Wildman–Crippen MR) is 65.4 cm³/mol. The Bertz CT molecular complexity index is 290. The number of carboxylic acid groups (broad SMARTS) is 2. The summed E-state index contributed by atoms with van der Waals surface area (Å²) in [5.74, 6) is -2.45. The molecule has 2 N–H and O–H groups in total. The fraction of sp³-hybridized carbons (Fsp3) is 0.818. The van der Waals surface area contributed by atoms with E-state index in [2.05, 4.69) is 0 Å². The second kappa shape index (κ2) is 8.22. The molecular formula is C11H20O5S. The summed E-state index contributed by atoms with van der Waals surface area (Å²) in [5.41, 5.74) is 0. The average Bonchev–Trinajstić information content (AvgIpc) is 2.24. The Morgan fingerprint density at radius 2 is 1.88 bits per heavy atom.